The van der Waals surface area contributed by atoms with E-state index in [0.717, 1.165) is 58.3 Å². The summed E-state index contributed by atoms with van der Waals surface area (Å²) in [5, 5.41) is 13.2. The fourth-order valence-electron chi connectivity index (χ4n) is 5.19. The maximum Gasteiger partial charge on any atom is 0.310 e. The van der Waals surface area contributed by atoms with Crippen molar-refractivity contribution >= 4 is 5.97 Å². The minimum Gasteiger partial charge on any atom is -0.481 e. The molecular weight excluding hydrogens is 340 g/mol. The lowest BCUT2D eigenvalue weighted by molar-refractivity contribution is -0.144. The molecule has 2 saturated heterocycles. The molecule has 1 aromatic rings. The van der Waals surface area contributed by atoms with Crippen molar-refractivity contribution in [3.05, 3.63) is 35.9 Å². The van der Waals surface area contributed by atoms with Crippen LogP contribution in [0.25, 0.3) is 0 Å². The molecule has 2 aliphatic carbocycles. The van der Waals surface area contributed by atoms with Gasteiger partial charge in [0.15, 0.2) is 0 Å². The summed E-state index contributed by atoms with van der Waals surface area (Å²) in [4.78, 5) is 13.8. The van der Waals surface area contributed by atoms with Gasteiger partial charge < -0.3 is 20.1 Å². The maximum absolute atomic E-state index is 11.4. The van der Waals surface area contributed by atoms with Gasteiger partial charge in [-0.05, 0) is 44.1 Å². The van der Waals surface area contributed by atoms with E-state index in [9.17, 15) is 9.90 Å². The molecule has 146 valence electrons. The van der Waals surface area contributed by atoms with Crippen LogP contribution >= 0.6 is 0 Å². The number of hydrogen-bond donors (Lipinski definition) is 2. The Labute approximate surface area is 161 Å². The Bertz CT molecular complexity index is 695. The number of carboxylic acids is 1. The van der Waals surface area contributed by atoms with Crippen molar-refractivity contribution in [1.82, 2.24) is 10.2 Å². The van der Waals surface area contributed by atoms with Crippen LogP contribution in [0.2, 0.25) is 0 Å². The largest absolute Gasteiger partial charge is 0.481 e. The average molecular weight is 370 g/mol. The van der Waals surface area contributed by atoms with E-state index in [1.807, 2.05) is 0 Å². The zero-order valence-corrected chi connectivity index (χ0v) is 15.9. The molecule has 1 spiro atoms. The number of piperidine rings is 1. The standard InChI is InChI=1S/C22H30N2O3/c25-20(26)21(6-7-21)15-24-10-8-22(9-11-24)13-17(14-27-22)23-19-12-18(19)16-4-2-1-3-5-16/h1-5,17-19,23H,6-15H2,(H,25,26)/t17?,18-,19+/m0/s1. The van der Waals surface area contributed by atoms with Gasteiger partial charge in [-0.3, -0.25) is 4.79 Å². The highest BCUT2D eigenvalue weighted by Crippen LogP contribution is 2.48. The highest BCUT2D eigenvalue weighted by molar-refractivity contribution is 5.78. The monoisotopic (exact) mass is 370 g/mol. The molecule has 5 nitrogen and oxygen atoms in total. The van der Waals surface area contributed by atoms with Crippen LogP contribution in [0.5, 0.6) is 0 Å². The first-order valence-electron chi connectivity index (χ1n) is 10.5. The highest BCUT2D eigenvalue weighted by Gasteiger charge is 2.52. The van der Waals surface area contributed by atoms with E-state index in [4.69, 9.17) is 4.74 Å². The molecule has 0 radical (unpaired) electrons. The Morgan fingerprint density at radius 2 is 1.93 bits per heavy atom. The van der Waals surface area contributed by atoms with Gasteiger partial charge in [-0.25, -0.2) is 0 Å². The molecule has 2 heterocycles. The lowest BCUT2D eigenvalue weighted by Crippen LogP contribution is -2.47. The molecule has 2 N–H and O–H groups in total. The van der Waals surface area contributed by atoms with Gasteiger partial charge in [0, 0.05) is 37.6 Å². The van der Waals surface area contributed by atoms with Crippen molar-refractivity contribution in [1.29, 1.82) is 0 Å². The second-order valence-electron chi connectivity index (χ2n) is 9.28. The van der Waals surface area contributed by atoms with Gasteiger partial charge in [-0.1, -0.05) is 30.3 Å². The van der Waals surface area contributed by atoms with Crippen LogP contribution in [-0.4, -0.2) is 59.9 Å². The van der Waals surface area contributed by atoms with Crippen molar-refractivity contribution in [2.45, 2.75) is 62.1 Å². The molecule has 1 unspecified atom stereocenters. The summed E-state index contributed by atoms with van der Waals surface area (Å²) in [5.41, 5.74) is 1.03. The van der Waals surface area contributed by atoms with Crippen LogP contribution in [0.1, 0.15) is 50.0 Å². The van der Waals surface area contributed by atoms with Gasteiger partial charge in [0.1, 0.15) is 0 Å². The van der Waals surface area contributed by atoms with Crippen molar-refractivity contribution in [3.8, 4) is 0 Å². The van der Waals surface area contributed by atoms with Gasteiger partial charge >= 0.3 is 5.97 Å². The minimum atomic E-state index is -0.610. The van der Waals surface area contributed by atoms with Gasteiger partial charge in [0.05, 0.1) is 17.6 Å². The van der Waals surface area contributed by atoms with Crippen molar-refractivity contribution < 1.29 is 14.6 Å². The molecule has 5 rings (SSSR count). The Hall–Kier alpha value is -1.43. The summed E-state index contributed by atoms with van der Waals surface area (Å²) in [6.07, 6.45) is 6.09. The van der Waals surface area contributed by atoms with Crippen LogP contribution < -0.4 is 5.32 Å². The maximum atomic E-state index is 11.4. The minimum absolute atomic E-state index is 0.0191. The van der Waals surface area contributed by atoms with Crippen LogP contribution in [0.4, 0.5) is 0 Å². The summed E-state index contributed by atoms with van der Waals surface area (Å²) in [6, 6.07) is 11.9. The van der Waals surface area contributed by atoms with E-state index < -0.39 is 11.4 Å². The number of benzene rings is 1. The Morgan fingerprint density at radius 1 is 1.19 bits per heavy atom. The third-order valence-electron chi connectivity index (χ3n) is 7.28. The average Bonchev–Trinajstić information content (AvgIpc) is 3.58. The number of carbonyl (C=O) groups is 1. The predicted octanol–water partition coefficient (Wildman–Crippen LogP) is 2.62. The second-order valence-corrected chi connectivity index (χ2v) is 9.28. The number of nitrogens with zero attached hydrogens (tertiary/aromatic N) is 1. The lowest BCUT2D eigenvalue weighted by atomic mass is 9.87. The number of hydrogen-bond acceptors (Lipinski definition) is 4. The third kappa shape index (κ3) is 3.53. The first-order valence-corrected chi connectivity index (χ1v) is 10.5. The van der Waals surface area contributed by atoms with Crippen molar-refractivity contribution in [2.24, 2.45) is 5.41 Å². The Morgan fingerprint density at radius 3 is 2.59 bits per heavy atom. The molecule has 5 heteroatoms. The number of nitrogens with one attached hydrogen (secondary N) is 1. The summed E-state index contributed by atoms with van der Waals surface area (Å²) < 4.78 is 6.30. The molecule has 27 heavy (non-hydrogen) atoms. The van der Waals surface area contributed by atoms with Crippen LogP contribution in [0.15, 0.2) is 30.3 Å². The van der Waals surface area contributed by atoms with Crippen molar-refractivity contribution in [3.63, 3.8) is 0 Å². The molecule has 2 aliphatic heterocycles. The van der Waals surface area contributed by atoms with E-state index in [-0.39, 0.29) is 5.60 Å². The van der Waals surface area contributed by atoms with Gasteiger partial charge in [-0.2, -0.15) is 0 Å². The first kappa shape index (κ1) is 17.7. The quantitative estimate of drug-likeness (QED) is 0.806. The van der Waals surface area contributed by atoms with Gasteiger partial charge in [0.25, 0.3) is 0 Å². The summed E-state index contributed by atoms with van der Waals surface area (Å²) in [6.45, 7) is 3.48. The highest BCUT2D eigenvalue weighted by atomic mass is 16.5. The SMILES string of the molecule is O=C(O)C1(CN2CCC3(CC2)CC(N[C@@H]2C[C@H]2c2ccccc2)CO3)CC1. The number of likely N-dealkylation sites (tertiary alicyclic amines) is 1. The molecule has 4 aliphatic rings. The van der Waals surface area contributed by atoms with Crippen LogP contribution in [-0.2, 0) is 9.53 Å². The number of rotatable bonds is 6. The zero-order valence-electron chi connectivity index (χ0n) is 15.9. The predicted molar refractivity (Wildman–Crippen MR) is 103 cm³/mol. The lowest BCUT2D eigenvalue weighted by Gasteiger charge is -2.39. The molecule has 1 aromatic carbocycles. The van der Waals surface area contributed by atoms with E-state index in [1.165, 1.54) is 12.0 Å². The number of aliphatic carboxylic acids is 1. The molecule has 4 fully saturated rings. The van der Waals surface area contributed by atoms with Crippen LogP contribution in [0.3, 0.4) is 0 Å². The number of carboxylic acid groups (broad SMARTS) is 1. The topological polar surface area (TPSA) is 61.8 Å². The normalized spacial score (nSPS) is 33.9. The fourth-order valence-corrected chi connectivity index (χ4v) is 5.19. The molecule has 0 amide bonds. The Kier molecular flexibility index (Phi) is 4.30. The van der Waals surface area contributed by atoms with E-state index in [2.05, 4.69) is 40.5 Å². The summed E-state index contributed by atoms with van der Waals surface area (Å²) in [7, 11) is 0. The van der Waals surface area contributed by atoms with Gasteiger partial charge in [0.2, 0.25) is 0 Å². The molecule has 0 bridgehead atoms. The third-order valence-corrected chi connectivity index (χ3v) is 7.28. The summed E-state index contributed by atoms with van der Waals surface area (Å²) in [5.74, 6) is 0.0527. The summed E-state index contributed by atoms with van der Waals surface area (Å²) >= 11 is 0. The van der Waals surface area contributed by atoms with Crippen LogP contribution in [0, 0.1) is 5.41 Å². The smallest absolute Gasteiger partial charge is 0.310 e. The molecule has 3 atom stereocenters. The van der Waals surface area contributed by atoms with Crippen molar-refractivity contribution in [2.75, 3.05) is 26.2 Å². The van der Waals surface area contributed by atoms with Gasteiger partial charge in [-0.15, -0.1) is 0 Å². The number of ether oxygens (including phenoxy) is 1. The molecular formula is C22H30N2O3. The Balaban J connectivity index is 1.10. The van der Waals surface area contributed by atoms with E-state index in [1.54, 1.807) is 0 Å². The van der Waals surface area contributed by atoms with E-state index in [0.29, 0.717) is 18.0 Å². The second kappa shape index (κ2) is 6.57. The fraction of sp³-hybridized carbons (Fsp3) is 0.682. The zero-order chi connectivity index (χ0) is 18.5. The molecule has 2 saturated carbocycles. The first-order chi connectivity index (χ1) is 13.1. The van der Waals surface area contributed by atoms with E-state index >= 15 is 0 Å². The molecule has 0 aromatic heterocycles.